The lowest BCUT2D eigenvalue weighted by atomic mass is 10.1. The molecule has 0 aliphatic carbocycles. The van der Waals surface area contributed by atoms with Crippen molar-refractivity contribution in [1.29, 1.82) is 0 Å². The van der Waals surface area contributed by atoms with Gasteiger partial charge >= 0.3 is 0 Å². The van der Waals surface area contributed by atoms with E-state index in [1.165, 1.54) is 11.1 Å². The van der Waals surface area contributed by atoms with E-state index in [1.807, 2.05) is 13.8 Å². The first-order valence-electron chi connectivity index (χ1n) is 5.77. The Morgan fingerprint density at radius 2 is 1.41 bits per heavy atom. The maximum absolute atomic E-state index is 11.4. The Labute approximate surface area is 102 Å². The Morgan fingerprint density at radius 1 is 0.824 bits per heavy atom. The van der Waals surface area contributed by atoms with Crippen molar-refractivity contribution >= 4 is 0 Å². The van der Waals surface area contributed by atoms with Gasteiger partial charge in [-0.15, -0.1) is 0 Å². The molecule has 2 aromatic rings. The monoisotopic (exact) mass is 227 g/mol. The summed E-state index contributed by atoms with van der Waals surface area (Å²) in [5, 5.41) is 0. The molecule has 0 saturated carbocycles. The Kier molecular flexibility index (Phi) is 2.88. The van der Waals surface area contributed by atoms with Crippen LogP contribution in [-0.2, 0) is 0 Å². The number of nitrogens with zero attached hydrogens (tertiary/aromatic N) is 1. The lowest BCUT2D eigenvalue weighted by molar-refractivity contribution is 0.919. The zero-order valence-electron chi connectivity index (χ0n) is 10.7. The maximum atomic E-state index is 11.4. The number of hydrogen-bond acceptors (Lipinski definition) is 1. The molecule has 0 unspecified atom stereocenters. The van der Waals surface area contributed by atoms with Crippen LogP contribution < -0.4 is 5.43 Å². The Hall–Kier alpha value is -1.83. The van der Waals surface area contributed by atoms with Gasteiger partial charge in [0.05, 0.1) is 0 Å². The third-order valence-corrected chi connectivity index (χ3v) is 3.16. The van der Waals surface area contributed by atoms with Crippen molar-refractivity contribution in [3.8, 4) is 5.69 Å². The number of aromatic nitrogens is 1. The summed E-state index contributed by atoms with van der Waals surface area (Å²) in [6.45, 7) is 8.13. The van der Waals surface area contributed by atoms with E-state index in [4.69, 9.17) is 0 Å². The highest BCUT2D eigenvalue weighted by Crippen LogP contribution is 2.17. The van der Waals surface area contributed by atoms with Gasteiger partial charge in [-0.25, -0.2) is 0 Å². The molecule has 0 bridgehead atoms. The van der Waals surface area contributed by atoms with E-state index in [0.717, 1.165) is 17.1 Å². The van der Waals surface area contributed by atoms with Gasteiger partial charge in [0, 0.05) is 29.2 Å². The molecule has 88 valence electrons. The number of benzene rings is 1. The highest BCUT2D eigenvalue weighted by molar-refractivity contribution is 5.42. The standard InChI is InChI=1S/C15H17NO/c1-10-5-6-14(7-11(10)2)16-12(3)8-15(17)9-13(16)4/h5-9H,1-4H3. The average Bonchev–Trinajstić information content (AvgIpc) is 2.21. The molecule has 17 heavy (non-hydrogen) atoms. The van der Waals surface area contributed by atoms with Crippen molar-refractivity contribution in [1.82, 2.24) is 4.57 Å². The summed E-state index contributed by atoms with van der Waals surface area (Å²) in [6, 6.07) is 9.69. The molecule has 2 heteroatoms. The number of rotatable bonds is 1. The van der Waals surface area contributed by atoms with Crippen LogP contribution in [0.5, 0.6) is 0 Å². The molecule has 0 atom stereocenters. The summed E-state index contributed by atoms with van der Waals surface area (Å²) in [5.74, 6) is 0. The van der Waals surface area contributed by atoms with Crippen LogP contribution in [0.15, 0.2) is 35.1 Å². The van der Waals surface area contributed by atoms with Gasteiger partial charge in [0.2, 0.25) is 0 Å². The predicted octanol–water partition coefficient (Wildman–Crippen LogP) is 3.07. The molecule has 0 aliphatic rings. The van der Waals surface area contributed by atoms with Gasteiger partial charge in [-0.2, -0.15) is 0 Å². The van der Waals surface area contributed by atoms with Crippen LogP contribution in [0, 0.1) is 27.7 Å². The van der Waals surface area contributed by atoms with E-state index < -0.39 is 0 Å². The SMILES string of the molecule is Cc1ccc(-n2c(C)cc(=O)cc2C)cc1C. The largest absolute Gasteiger partial charge is 0.318 e. The van der Waals surface area contributed by atoms with Crippen LogP contribution in [0.4, 0.5) is 0 Å². The van der Waals surface area contributed by atoms with E-state index in [1.54, 1.807) is 12.1 Å². The molecule has 2 nitrogen and oxygen atoms in total. The van der Waals surface area contributed by atoms with E-state index in [0.29, 0.717) is 0 Å². The van der Waals surface area contributed by atoms with Gasteiger partial charge in [-0.3, -0.25) is 4.79 Å². The van der Waals surface area contributed by atoms with Crippen LogP contribution in [0.3, 0.4) is 0 Å². The lowest BCUT2D eigenvalue weighted by Crippen LogP contribution is -2.11. The van der Waals surface area contributed by atoms with Crippen molar-refractivity contribution in [2.75, 3.05) is 0 Å². The van der Waals surface area contributed by atoms with Gasteiger partial charge in [0.15, 0.2) is 5.43 Å². The second kappa shape index (κ2) is 4.21. The molecule has 0 saturated heterocycles. The van der Waals surface area contributed by atoms with Crippen molar-refractivity contribution in [3.63, 3.8) is 0 Å². The average molecular weight is 227 g/mol. The highest BCUT2D eigenvalue weighted by atomic mass is 16.1. The van der Waals surface area contributed by atoms with Crippen LogP contribution in [0.2, 0.25) is 0 Å². The van der Waals surface area contributed by atoms with Crippen molar-refractivity contribution in [2.24, 2.45) is 0 Å². The first-order chi connectivity index (χ1) is 7.99. The fourth-order valence-corrected chi connectivity index (χ4v) is 2.13. The fourth-order valence-electron chi connectivity index (χ4n) is 2.13. The molecule has 1 heterocycles. The van der Waals surface area contributed by atoms with Crippen molar-refractivity contribution in [2.45, 2.75) is 27.7 Å². The molecule has 0 N–H and O–H groups in total. The summed E-state index contributed by atoms with van der Waals surface area (Å²) in [4.78, 5) is 11.4. The number of pyridine rings is 1. The normalized spacial score (nSPS) is 10.6. The Morgan fingerprint density at radius 3 is 1.94 bits per heavy atom. The van der Waals surface area contributed by atoms with E-state index in [2.05, 4.69) is 36.6 Å². The maximum Gasteiger partial charge on any atom is 0.182 e. The zero-order valence-corrected chi connectivity index (χ0v) is 10.7. The van der Waals surface area contributed by atoms with Gasteiger partial charge in [-0.05, 0) is 51.0 Å². The van der Waals surface area contributed by atoms with Gasteiger partial charge in [-0.1, -0.05) is 6.07 Å². The topological polar surface area (TPSA) is 22.0 Å². The van der Waals surface area contributed by atoms with Crippen molar-refractivity contribution in [3.05, 3.63) is 63.1 Å². The summed E-state index contributed by atoms with van der Waals surface area (Å²) >= 11 is 0. The number of hydrogen-bond donors (Lipinski definition) is 0. The van der Waals surface area contributed by atoms with Gasteiger partial charge in [0.25, 0.3) is 0 Å². The molecule has 0 fully saturated rings. The van der Waals surface area contributed by atoms with E-state index >= 15 is 0 Å². The molecule has 0 aliphatic heterocycles. The van der Waals surface area contributed by atoms with E-state index in [-0.39, 0.29) is 5.43 Å². The third kappa shape index (κ3) is 2.16. The first kappa shape index (κ1) is 11.6. The smallest absolute Gasteiger partial charge is 0.182 e. The summed E-state index contributed by atoms with van der Waals surface area (Å²) < 4.78 is 2.10. The predicted molar refractivity (Wildman–Crippen MR) is 71.0 cm³/mol. The van der Waals surface area contributed by atoms with Crippen LogP contribution >= 0.6 is 0 Å². The Balaban J connectivity index is 2.68. The van der Waals surface area contributed by atoms with Crippen molar-refractivity contribution < 1.29 is 0 Å². The highest BCUT2D eigenvalue weighted by Gasteiger charge is 2.04. The first-order valence-corrected chi connectivity index (χ1v) is 5.77. The lowest BCUT2D eigenvalue weighted by Gasteiger charge is -2.15. The minimum absolute atomic E-state index is 0.0695. The summed E-state index contributed by atoms with van der Waals surface area (Å²) in [5.41, 5.74) is 5.67. The van der Waals surface area contributed by atoms with Crippen LogP contribution in [0.1, 0.15) is 22.5 Å². The third-order valence-electron chi connectivity index (χ3n) is 3.16. The second-order valence-corrected chi connectivity index (χ2v) is 4.58. The molecule has 0 radical (unpaired) electrons. The molecule has 2 rings (SSSR count). The summed E-state index contributed by atoms with van der Waals surface area (Å²) in [6.07, 6.45) is 0. The fraction of sp³-hybridized carbons (Fsp3) is 0.267. The number of aryl methyl sites for hydroxylation is 4. The van der Waals surface area contributed by atoms with Crippen LogP contribution in [0.25, 0.3) is 5.69 Å². The minimum atomic E-state index is 0.0695. The molecular weight excluding hydrogens is 210 g/mol. The van der Waals surface area contributed by atoms with Gasteiger partial charge in [0.1, 0.15) is 0 Å². The molecule has 0 spiro atoms. The minimum Gasteiger partial charge on any atom is -0.318 e. The molecule has 1 aromatic heterocycles. The second-order valence-electron chi connectivity index (χ2n) is 4.58. The molecule has 0 amide bonds. The van der Waals surface area contributed by atoms with Gasteiger partial charge < -0.3 is 4.57 Å². The molecule has 1 aromatic carbocycles. The molecular formula is C15H17NO. The summed E-state index contributed by atoms with van der Waals surface area (Å²) in [7, 11) is 0. The van der Waals surface area contributed by atoms with E-state index in [9.17, 15) is 4.79 Å². The Bertz CT molecular complexity index is 597. The zero-order chi connectivity index (χ0) is 12.6. The quantitative estimate of drug-likeness (QED) is 0.734. The van der Waals surface area contributed by atoms with Crippen LogP contribution in [-0.4, -0.2) is 4.57 Å².